The normalized spacial score (nSPS) is 20.0. The summed E-state index contributed by atoms with van der Waals surface area (Å²) in [5, 5.41) is 0. The second-order valence-electron chi connectivity index (χ2n) is 9.72. The SMILES string of the molecule is Cc1ccc(CN(C(=O)c2ccc3c(c2)S(=O)(=O)N(C2CC2)C3=O)C2CCc3ccccc32)cc1. The van der Waals surface area contributed by atoms with Crippen LogP contribution in [0.4, 0.5) is 0 Å². The Hall–Kier alpha value is -3.45. The fraction of sp³-hybridized carbons (Fsp3) is 0.286. The summed E-state index contributed by atoms with van der Waals surface area (Å²) in [5.41, 5.74) is 4.97. The van der Waals surface area contributed by atoms with Crippen LogP contribution in [0.15, 0.2) is 71.6 Å². The standard InChI is InChI=1S/C28H26N2O4S/c1-18-6-8-19(9-7-18)17-29(25-15-11-20-4-2-3-5-23(20)25)27(31)21-10-14-24-26(16-21)35(33,34)30(28(24)32)22-12-13-22/h2-10,14,16,22,25H,11-13,15,17H2,1H3. The molecule has 1 aliphatic heterocycles. The number of carbonyl (C=O) groups excluding carboxylic acids is 2. The molecule has 0 radical (unpaired) electrons. The Labute approximate surface area is 205 Å². The van der Waals surface area contributed by atoms with Crippen LogP contribution in [-0.2, 0) is 23.0 Å². The molecule has 0 bridgehead atoms. The van der Waals surface area contributed by atoms with Crippen LogP contribution in [0.2, 0.25) is 0 Å². The van der Waals surface area contributed by atoms with E-state index in [0.717, 1.165) is 33.8 Å². The highest BCUT2D eigenvalue weighted by molar-refractivity contribution is 7.90. The smallest absolute Gasteiger partial charge is 0.269 e. The molecule has 3 aliphatic rings. The number of aryl methyl sites for hydroxylation is 2. The first-order valence-electron chi connectivity index (χ1n) is 12.0. The zero-order valence-corrected chi connectivity index (χ0v) is 20.3. The molecule has 1 fully saturated rings. The lowest BCUT2D eigenvalue weighted by molar-refractivity contribution is 0.0657. The summed E-state index contributed by atoms with van der Waals surface area (Å²) >= 11 is 0. The Kier molecular flexibility index (Phi) is 5.07. The minimum atomic E-state index is -3.93. The number of carbonyl (C=O) groups is 2. The third-order valence-electron chi connectivity index (χ3n) is 7.29. The summed E-state index contributed by atoms with van der Waals surface area (Å²) in [6.45, 7) is 2.44. The molecule has 0 N–H and O–H groups in total. The quantitative estimate of drug-likeness (QED) is 0.527. The number of fused-ring (bicyclic) bond motifs is 2. The van der Waals surface area contributed by atoms with E-state index in [0.29, 0.717) is 19.4 Å². The molecule has 0 aromatic heterocycles. The number of rotatable bonds is 5. The maximum Gasteiger partial charge on any atom is 0.269 e. The van der Waals surface area contributed by atoms with E-state index in [1.807, 2.05) is 48.2 Å². The van der Waals surface area contributed by atoms with E-state index in [9.17, 15) is 18.0 Å². The van der Waals surface area contributed by atoms with Crippen molar-refractivity contribution in [3.8, 4) is 0 Å². The molecular weight excluding hydrogens is 460 g/mol. The number of benzene rings is 3. The molecule has 2 amide bonds. The molecule has 0 spiro atoms. The zero-order valence-electron chi connectivity index (χ0n) is 19.5. The summed E-state index contributed by atoms with van der Waals surface area (Å²) in [6, 6.07) is 20.4. The number of hydrogen-bond donors (Lipinski definition) is 0. The van der Waals surface area contributed by atoms with Crippen LogP contribution < -0.4 is 0 Å². The van der Waals surface area contributed by atoms with E-state index in [2.05, 4.69) is 12.1 Å². The van der Waals surface area contributed by atoms with Gasteiger partial charge in [-0.05, 0) is 67.5 Å². The van der Waals surface area contributed by atoms with Crippen LogP contribution in [-0.4, -0.2) is 35.5 Å². The maximum absolute atomic E-state index is 14.0. The fourth-order valence-corrected chi connectivity index (χ4v) is 7.13. The van der Waals surface area contributed by atoms with Crippen molar-refractivity contribution >= 4 is 21.8 Å². The van der Waals surface area contributed by atoms with Crippen molar-refractivity contribution in [2.75, 3.05) is 0 Å². The molecule has 3 aromatic rings. The average Bonchev–Trinajstić information content (AvgIpc) is 3.55. The molecule has 1 heterocycles. The van der Waals surface area contributed by atoms with Crippen LogP contribution in [0.5, 0.6) is 0 Å². The van der Waals surface area contributed by atoms with Gasteiger partial charge in [0.05, 0.1) is 11.6 Å². The summed E-state index contributed by atoms with van der Waals surface area (Å²) < 4.78 is 27.3. The third kappa shape index (κ3) is 3.65. The molecule has 0 saturated heterocycles. The van der Waals surface area contributed by atoms with E-state index >= 15 is 0 Å². The average molecular weight is 487 g/mol. The Balaban J connectivity index is 1.39. The van der Waals surface area contributed by atoms with Crippen LogP contribution in [0, 0.1) is 6.92 Å². The topological polar surface area (TPSA) is 74.8 Å². The minimum absolute atomic E-state index is 0.0534. The number of sulfonamides is 1. The van der Waals surface area contributed by atoms with Gasteiger partial charge in [0.1, 0.15) is 4.90 Å². The Morgan fingerprint density at radius 2 is 1.74 bits per heavy atom. The highest BCUT2D eigenvalue weighted by atomic mass is 32.2. The fourth-order valence-electron chi connectivity index (χ4n) is 5.29. The van der Waals surface area contributed by atoms with Crippen LogP contribution in [0.3, 0.4) is 0 Å². The lowest BCUT2D eigenvalue weighted by atomic mass is 10.0. The third-order valence-corrected chi connectivity index (χ3v) is 9.16. The van der Waals surface area contributed by atoms with E-state index in [1.54, 1.807) is 6.07 Å². The van der Waals surface area contributed by atoms with Gasteiger partial charge in [0.25, 0.3) is 21.8 Å². The van der Waals surface area contributed by atoms with Gasteiger partial charge in [-0.2, -0.15) is 0 Å². The molecule has 3 aromatic carbocycles. The maximum atomic E-state index is 14.0. The molecule has 6 rings (SSSR count). The second kappa shape index (κ2) is 8.05. The molecule has 1 unspecified atom stereocenters. The van der Waals surface area contributed by atoms with E-state index in [4.69, 9.17) is 0 Å². The number of amides is 2. The summed E-state index contributed by atoms with van der Waals surface area (Å²) in [7, 11) is -3.93. The monoisotopic (exact) mass is 486 g/mol. The van der Waals surface area contributed by atoms with E-state index < -0.39 is 15.9 Å². The van der Waals surface area contributed by atoms with Gasteiger partial charge in [-0.1, -0.05) is 54.1 Å². The Morgan fingerprint density at radius 3 is 2.49 bits per heavy atom. The predicted molar refractivity (Wildman–Crippen MR) is 131 cm³/mol. The van der Waals surface area contributed by atoms with Gasteiger partial charge in [-0.15, -0.1) is 0 Å². The van der Waals surface area contributed by atoms with Crippen molar-refractivity contribution in [1.29, 1.82) is 0 Å². The van der Waals surface area contributed by atoms with Crippen molar-refractivity contribution < 1.29 is 18.0 Å². The first kappa shape index (κ1) is 22.0. The zero-order chi connectivity index (χ0) is 24.3. The van der Waals surface area contributed by atoms with E-state index in [-0.39, 0.29) is 34.0 Å². The van der Waals surface area contributed by atoms with Crippen molar-refractivity contribution in [2.45, 2.75) is 56.1 Å². The van der Waals surface area contributed by atoms with Crippen molar-refractivity contribution in [2.24, 2.45) is 0 Å². The molecule has 2 aliphatic carbocycles. The van der Waals surface area contributed by atoms with Crippen molar-refractivity contribution in [3.05, 3.63) is 100 Å². The van der Waals surface area contributed by atoms with Gasteiger partial charge in [0, 0.05) is 18.2 Å². The van der Waals surface area contributed by atoms with E-state index in [1.165, 1.54) is 17.7 Å². The summed E-state index contributed by atoms with van der Waals surface area (Å²) in [4.78, 5) is 28.5. The molecule has 1 saturated carbocycles. The summed E-state index contributed by atoms with van der Waals surface area (Å²) in [5.74, 6) is -0.717. The van der Waals surface area contributed by atoms with Gasteiger partial charge in [0.15, 0.2) is 0 Å². The van der Waals surface area contributed by atoms with Crippen LogP contribution in [0.1, 0.15) is 68.3 Å². The molecule has 178 valence electrons. The lowest BCUT2D eigenvalue weighted by Gasteiger charge is -2.30. The molecule has 6 nitrogen and oxygen atoms in total. The highest BCUT2D eigenvalue weighted by Gasteiger charge is 2.49. The van der Waals surface area contributed by atoms with Gasteiger partial charge in [0.2, 0.25) is 0 Å². The molecule has 7 heteroatoms. The van der Waals surface area contributed by atoms with Crippen LogP contribution >= 0.6 is 0 Å². The number of nitrogens with zero attached hydrogens (tertiary/aromatic N) is 2. The lowest BCUT2D eigenvalue weighted by Crippen LogP contribution is -2.34. The largest absolute Gasteiger partial charge is 0.327 e. The first-order valence-corrected chi connectivity index (χ1v) is 13.5. The second-order valence-corrected chi connectivity index (χ2v) is 11.5. The highest BCUT2D eigenvalue weighted by Crippen LogP contribution is 2.41. The summed E-state index contributed by atoms with van der Waals surface area (Å²) in [6.07, 6.45) is 3.09. The predicted octanol–water partition coefficient (Wildman–Crippen LogP) is 4.63. The van der Waals surface area contributed by atoms with Gasteiger partial charge in [-0.3, -0.25) is 9.59 Å². The van der Waals surface area contributed by atoms with Gasteiger partial charge < -0.3 is 4.90 Å². The van der Waals surface area contributed by atoms with Crippen LogP contribution in [0.25, 0.3) is 0 Å². The molecular formula is C28H26N2O4S. The molecule has 1 atom stereocenters. The first-order chi connectivity index (χ1) is 16.8. The Morgan fingerprint density at radius 1 is 1.00 bits per heavy atom. The van der Waals surface area contributed by atoms with Crippen molar-refractivity contribution in [1.82, 2.24) is 9.21 Å². The molecule has 35 heavy (non-hydrogen) atoms. The van der Waals surface area contributed by atoms with Gasteiger partial charge in [-0.25, -0.2) is 12.7 Å². The van der Waals surface area contributed by atoms with Crippen molar-refractivity contribution in [3.63, 3.8) is 0 Å². The number of hydrogen-bond acceptors (Lipinski definition) is 4. The minimum Gasteiger partial charge on any atom is -0.327 e. The van der Waals surface area contributed by atoms with Gasteiger partial charge >= 0.3 is 0 Å². The Bertz CT molecular complexity index is 1460.